The molecule has 1 N–H and O–H groups in total. The summed E-state index contributed by atoms with van der Waals surface area (Å²) in [5.41, 5.74) is 0.664. The molecule has 3 aromatic rings. The lowest BCUT2D eigenvalue weighted by Gasteiger charge is -2.21. The van der Waals surface area contributed by atoms with Crippen molar-refractivity contribution in [3.05, 3.63) is 53.7 Å². The summed E-state index contributed by atoms with van der Waals surface area (Å²) < 4.78 is 32.2. The van der Waals surface area contributed by atoms with E-state index in [2.05, 4.69) is 9.97 Å². The highest BCUT2D eigenvalue weighted by Gasteiger charge is 2.43. The normalized spacial score (nSPS) is 16.3. The van der Waals surface area contributed by atoms with Gasteiger partial charge in [0.15, 0.2) is 0 Å². The van der Waals surface area contributed by atoms with Crippen molar-refractivity contribution in [3.63, 3.8) is 0 Å². The average Bonchev–Trinajstić information content (AvgIpc) is 3.22. The molecule has 10 heteroatoms. The van der Waals surface area contributed by atoms with Gasteiger partial charge in [-0.2, -0.15) is 4.31 Å². The molecule has 4 rings (SSSR count). The van der Waals surface area contributed by atoms with Crippen LogP contribution in [0.15, 0.2) is 53.7 Å². The third kappa shape index (κ3) is 3.61. The minimum Gasteiger partial charge on any atom is -0.480 e. The van der Waals surface area contributed by atoms with Crippen LogP contribution in [0.25, 0.3) is 10.4 Å². The molecule has 1 aliphatic heterocycles. The first-order chi connectivity index (χ1) is 13.9. The number of thiophene rings is 1. The monoisotopic (exact) mass is 431 g/mol. The van der Waals surface area contributed by atoms with Crippen molar-refractivity contribution in [2.24, 2.45) is 0 Å². The van der Waals surface area contributed by atoms with Crippen LogP contribution in [-0.2, 0) is 21.4 Å². The molecule has 2 aromatic heterocycles. The van der Waals surface area contributed by atoms with Crippen LogP contribution in [0.1, 0.15) is 18.2 Å². The predicted molar refractivity (Wildman–Crippen MR) is 106 cm³/mol. The lowest BCUT2D eigenvalue weighted by Crippen LogP contribution is -2.40. The van der Waals surface area contributed by atoms with Gasteiger partial charge in [0.2, 0.25) is 10.0 Å². The number of rotatable bonds is 6. The predicted octanol–water partition coefficient (Wildman–Crippen LogP) is 3.36. The van der Waals surface area contributed by atoms with E-state index in [1.54, 1.807) is 37.5 Å². The number of benzene rings is 1. The van der Waals surface area contributed by atoms with Crippen molar-refractivity contribution < 1.29 is 23.1 Å². The van der Waals surface area contributed by atoms with Crippen molar-refractivity contribution in [2.45, 2.75) is 30.8 Å². The van der Waals surface area contributed by atoms with Crippen molar-refractivity contribution in [3.8, 4) is 22.2 Å². The number of nitrogens with zero attached hydrogens (tertiary/aromatic N) is 3. The van der Waals surface area contributed by atoms with Gasteiger partial charge < -0.3 is 9.84 Å². The number of sulfonamides is 1. The molecule has 0 aliphatic carbocycles. The number of hydrogen-bond donors (Lipinski definition) is 1. The summed E-state index contributed by atoms with van der Waals surface area (Å²) in [6.45, 7) is 1.71. The quantitative estimate of drug-likeness (QED) is 0.637. The summed E-state index contributed by atoms with van der Waals surface area (Å²) in [5.74, 6) is -0.528. The molecule has 0 amide bonds. The zero-order chi connectivity index (χ0) is 20.6. The maximum Gasteiger partial charge on any atom is 0.322 e. The highest BCUT2D eigenvalue weighted by molar-refractivity contribution is 7.89. The van der Waals surface area contributed by atoms with Crippen LogP contribution in [0.5, 0.6) is 11.8 Å². The summed E-state index contributed by atoms with van der Waals surface area (Å²) >= 11 is 1.30. The molecule has 29 heavy (non-hydrogen) atoms. The SMILES string of the molecule is CCC(C(=O)O)N1Cc2sc(-c3cnc(Oc4ccccc4)nc3)cc2S1(=O)=O. The molecule has 150 valence electrons. The Morgan fingerprint density at radius 3 is 2.55 bits per heavy atom. The van der Waals surface area contributed by atoms with Gasteiger partial charge >= 0.3 is 12.0 Å². The van der Waals surface area contributed by atoms with E-state index >= 15 is 0 Å². The molecule has 1 aromatic carbocycles. The topological polar surface area (TPSA) is 110 Å². The van der Waals surface area contributed by atoms with Gasteiger partial charge in [0.05, 0.1) is 11.4 Å². The summed E-state index contributed by atoms with van der Waals surface area (Å²) in [7, 11) is -3.84. The molecule has 3 heterocycles. The van der Waals surface area contributed by atoms with E-state index in [0.29, 0.717) is 21.1 Å². The molecule has 0 bridgehead atoms. The van der Waals surface area contributed by atoms with Gasteiger partial charge in [-0.1, -0.05) is 25.1 Å². The first kappa shape index (κ1) is 19.5. The van der Waals surface area contributed by atoms with E-state index in [0.717, 1.165) is 4.31 Å². The van der Waals surface area contributed by atoms with Crippen molar-refractivity contribution in [1.82, 2.24) is 14.3 Å². The average molecular weight is 431 g/mol. The molecular formula is C19H17N3O5S2. The van der Waals surface area contributed by atoms with Gasteiger partial charge in [-0.05, 0) is 24.6 Å². The third-order valence-electron chi connectivity index (χ3n) is 4.54. The maximum atomic E-state index is 12.8. The zero-order valence-electron chi connectivity index (χ0n) is 15.3. The molecule has 0 saturated heterocycles. The van der Waals surface area contributed by atoms with Gasteiger partial charge in [0, 0.05) is 27.7 Å². The van der Waals surface area contributed by atoms with Gasteiger partial charge in [0.25, 0.3) is 0 Å². The van der Waals surface area contributed by atoms with Gasteiger partial charge in [-0.15, -0.1) is 11.3 Å². The Bertz CT molecular complexity index is 1140. The first-order valence-corrected chi connectivity index (χ1v) is 11.1. The Morgan fingerprint density at radius 1 is 1.28 bits per heavy atom. The third-order valence-corrected chi connectivity index (χ3v) is 7.76. The number of aliphatic carboxylic acids is 1. The van der Waals surface area contributed by atoms with Crippen LogP contribution in [0.4, 0.5) is 0 Å². The molecule has 0 saturated carbocycles. The van der Waals surface area contributed by atoms with Crippen LogP contribution in [0.2, 0.25) is 0 Å². The van der Waals surface area contributed by atoms with E-state index in [4.69, 9.17) is 4.74 Å². The number of para-hydroxylation sites is 1. The maximum absolute atomic E-state index is 12.8. The molecule has 0 radical (unpaired) electrons. The number of ether oxygens (including phenoxy) is 1. The molecule has 0 spiro atoms. The fourth-order valence-electron chi connectivity index (χ4n) is 3.10. The van der Waals surface area contributed by atoms with E-state index in [1.807, 2.05) is 18.2 Å². The Balaban J connectivity index is 1.57. The lowest BCUT2D eigenvalue weighted by atomic mass is 10.2. The zero-order valence-corrected chi connectivity index (χ0v) is 17.0. The fraction of sp³-hybridized carbons (Fsp3) is 0.211. The van der Waals surface area contributed by atoms with Crippen LogP contribution in [0, 0.1) is 0 Å². The van der Waals surface area contributed by atoms with E-state index in [9.17, 15) is 18.3 Å². The Labute approximate surface area is 171 Å². The standard InChI is InChI=1S/C19H17N3O5S2/c1-2-14(18(23)24)22-11-16-17(29(22,25)26)8-15(28-16)12-9-20-19(21-10-12)27-13-6-4-3-5-7-13/h3-10,14H,2,11H2,1H3,(H,23,24). The van der Waals surface area contributed by atoms with Gasteiger partial charge in [-0.25, -0.2) is 18.4 Å². The summed E-state index contributed by atoms with van der Waals surface area (Å²) in [4.78, 5) is 21.2. The van der Waals surface area contributed by atoms with Crippen LogP contribution in [-0.4, -0.2) is 39.8 Å². The molecule has 1 unspecified atom stereocenters. The number of carboxylic acids is 1. The lowest BCUT2D eigenvalue weighted by molar-refractivity contribution is -0.141. The number of hydrogen-bond acceptors (Lipinski definition) is 7. The highest BCUT2D eigenvalue weighted by Crippen LogP contribution is 2.41. The van der Waals surface area contributed by atoms with Crippen LogP contribution in [0.3, 0.4) is 0 Å². The highest BCUT2D eigenvalue weighted by atomic mass is 32.2. The van der Waals surface area contributed by atoms with Crippen LogP contribution < -0.4 is 4.74 Å². The minimum atomic E-state index is -3.84. The fourth-order valence-corrected chi connectivity index (χ4v) is 6.48. The van der Waals surface area contributed by atoms with E-state index < -0.39 is 22.0 Å². The van der Waals surface area contributed by atoms with Crippen LogP contribution >= 0.6 is 11.3 Å². The van der Waals surface area contributed by atoms with E-state index in [-0.39, 0.29) is 23.9 Å². The second kappa shape index (κ2) is 7.54. The second-order valence-corrected chi connectivity index (χ2v) is 9.38. The summed E-state index contributed by atoms with van der Waals surface area (Å²) in [6, 6.07) is 9.82. The number of fused-ring (bicyclic) bond motifs is 1. The number of carbonyl (C=O) groups is 1. The summed E-state index contributed by atoms with van der Waals surface area (Å²) in [6.07, 6.45) is 3.35. The van der Waals surface area contributed by atoms with Gasteiger partial charge in [0.1, 0.15) is 11.8 Å². The van der Waals surface area contributed by atoms with Crippen molar-refractivity contribution in [2.75, 3.05) is 0 Å². The van der Waals surface area contributed by atoms with Crippen molar-refractivity contribution in [1.29, 1.82) is 0 Å². The molecule has 1 aliphatic rings. The molecule has 8 nitrogen and oxygen atoms in total. The van der Waals surface area contributed by atoms with Crippen molar-refractivity contribution >= 4 is 27.3 Å². The Kier molecular flexibility index (Phi) is 5.07. The number of aromatic nitrogens is 2. The summed E-state index contributed by atoms with van der Waals surface area (Å²) in [5, 5.41) is 9.32. The van der Waals surface area contributed by atoms with Gasteiger partial charge in [-0.3, -0.25) is 4.79 Å². The Hall–Kier alpha value is -2.82. The molecule has 1 atom stereocenters. The smallest absolute Gasteiger partial charge is 0.322 e. The molecule has 0 fully saturated rings. The Morgan fingerprint density at radius 2 is 1.97 bits per heavy atom. The largest absolute Gasteiger partial charge is 0.480 e. The van der Waals surface area contributed by atoms with E-state index in [1.165, 1.54) is 11.3 Å². The molecular weight excluding hydrogens is 414 g/mol. The number of carboxylic acid groups (broad SMARTS) is 1. The minimum absolute atomic E-state index is 0.0587. The second-order valence-electron chi connectivity index (χ2n) is 6.38. The first-order valence-electron chi connectivity index (χ1n) is 8.83.